The normalized spacial score (nSPS) is 10.3. The number of rotatable bonds is 6. The minimum atomic E-state index is -0.308. The molecule has 0 aliphatic heterocycles. The van der Waals surface area contributed by atoms with Crippen LogP contribution in [0.3, 0.4) is 0 Å². The number of hydrogen-bond donors (Lipinski definition) is 1. The number of carbonyl (C=O) groups excluding carboxylic acids is 2. The Morgan fingerprint density at radius 1 is 1.21 bits per heavy atom. The Kier molecular flexibility index (Phi) is 6.49. The summed E-state index contributed by atoms with van der Waals surface area (Å²) in [7, 11) is 1.71. The molecule has 0 atom stereocenters. The number of halogens is 1. The Balaban J connectivity index is 1.81. The van der Waals surface area contributed by atoms with Gasteiger partial charge in [0.1, 0.15) is 6.42 Å². The topological polar surface area (TPSA) is 62.3 Å². The average molecular weight is 390 g/mol. The van der Waals surface area contributed by atoms with Crippen molar-refractivity contribution in [1.82, 2.24) is 9.88 Å². The van der Waals surface area contributed by atoms with Crippen LogP contribution < -0.4 is 5.32 Å². The molecule has 0 bridgehead atoms. The predicted molar refractivity (Wildman–Crippen MR) is 97.7 cm³/mol. The predicted octanol–water partition coefficient (Wildman–Crippen LogP) is 3.18. The molecule has 0 radical (unpaired) electrons. The summed E-state index contributed by atoms with van der Waals surface area (Å²) in [6.07, 6.45) is 4.02. The zero-order chi connectivity index (χ0) is 17.5. The summed E-state index contributed by atoms with van der Waals surface area (Å²) in [5.74, 6) is -0.507. The van der Waals surface area contributed by atoms with E-state index >= 15 is 0 Å². The van der Waals surface area contributed by atoms with Crippen LogP contribution >= 0.6 is 15.9 Å². The van der Waals surface area contributed by atoms with Crippen LogP contribution in [0.5, 0.6) is 0 Å². The van der Waals surface area contributed by atoms with E-state index in [2.05, 4.69) is 26.2 Å². The van der Waals surface area contributed by atoms with Crippen molar-refractivity contribution >= 4 is 33.4 Å². The Morgan fingerprint density at radius 3 is 2.58 bits per heavy atom. The first-order chi connectivity index (χ1) is 11.5. The van der Waals surface area contributed by atoms with Crippen LogP contribution in [0.25, 0.3) is 0 Å². The van der Waals surface area contributed by atoms with Crippen LogP contribution in [-0.2, 0) is 16.0 Å². The molecule has 0 fully saturated rings. The van der Waals surface area contributed by atoms with Gasteiger partial charge in [0.25, 0.3) is 0 Å². The van der Waals surface area contributed by atoms with Crippen LogP contribution in [0, 0.1) is 6.92 Å². The molecule has 2 amide bonds. The smallest absolute Gasteiger partial charge is 0.233 e. The van der Waals surface area contributed by atoms with E-state index in [1.54, 1.807) is 30.4 Å². The van der Waals surface area contributed by atoms with Gasteiger partial charge in [0.05, 0.1) is 0 Å². The number of nitrogens with one attached hydrogen (secondary N) is 1. The van der Waals surface area contributed by atoms with E-state index < -0.39 is 0 Å². The number of likely N-dealkylation sites (N-methyl/N-ethyl adjacent to an activating group) is 1. The molecular formula is C18H20BrN3O2. The lowest BCUT2D eigenvalue weighted by atomic mass is 10.2. The third-order valence-electron chi connectivity index (χ3n) is 3.66. The number of hydrogen-bond acceptors (Lipinski definition) is 3. The minimum absolute atomic E-state index is 0.165. The zero-order valence-electron chi connectivity index (χ0n) is 13.8. The van der Waals surface area contributed by atoms with Crippen LogP contribution in [0.2, 0.25) is 0 Å². The number of nitrogens with zero attached hydrogens (tertiary/aromatic N) is 2. The number of aromatic nitrogens is 1. The summed E-state index contributed by atoms with van der Waals surface area (Å²) in [6, 6.07) is 9.36. The molecule has 0 aliphatic carbocycles. The summed E-state index contributed by atoms with van der Waals surface area (Å²) in [6.45, 7) is 2.51. The van der Waals surface area contributed by atoms with E-state index in [4.69, 9.17) is 0 Å². The van der Waals surface area contributed by atoms with Gasteiger partial charge in [-0.25, -0.2) is 0 Å². The Morgan fingerprint density at radius 2 is 1.92 bits per heavy atom. The van der Waals surface area contributed by atoms with E-state index in [-0.39, 0.29) is 18.2 Å². The molecule has 24 heavy (non-hydrogen) atoms. The van der Waals surface area contributed by atoms with Crippen molar-refractivity contribution in [3.05, 3.63) is 58.3 Å². The maximum atomic E-state index is 12.1. The molecule has 6 heteroatoms. The first-order valence-corrected chi connectivity index (χ1v) is 8.44. The Labute approximate surface area is 150 Å². The van der Waals surface area contributed by atoms with Gasteiger partial charge < -0.3 is 10.2 Å². The molecule has 126 valence electrons. The highest BCUT2D eigenvalue weighted by Gasteiger charge is 2.14. The van der Waals surface area contributed by atoms with Gasteiger partial charge in [0.2, 0.25) is 11.8 Å². The van der Waals surface area contributed by atoms with Gasteiger partial charge in [-0.05, 0) is 54.8 Å². The van der Waals surface area contributed by atoms with Crippen molar-refractivity contribution in [2.45, 2.75) is 19.8 Å². The second-order valence-electron chi connectivity index (χ2n) is 5.61. The monoisotopic (exact) mass is 389 g/mol. The number of aryl methyl sites for hydroxylation is 1. The molecule has 0 spiro atoms. The van der Waals surface area contributed by atoms with Crippen LogP contribution in [0.15, 0.2) is 47.2 Å². The molecule has 1 aromatic carbocycles. The molecule has 5 nitrogen and oxygen atoms in total. The lowest BCUT2D eigenvalue weighted by Crippen LogP contribution is -2.32. The number of pyridine rings is 1. The lowest BCUT2D eigenvalue weighted by molar-refractivity contribution is -0.133. The Hall–Kier alpha value is -2.21. The molecule has 0 saturated heterocycles. The van der Waals surface area contributed by atoms with Crippen LogP contribution in [0.4, 0.5) is 5.69 Å². The molecule has 0 aliphatic rings. The fourth-order valence-electron chi connectivity index (χ4n) is 2.17. The lowest BCUT2D eigenvalue weighted by Gasteiger charge is -2.17. The van der Waals surface area contributed by atoms with Crippen LogP contribution in [-0.4, -0.2) is 35.3 Å². The molecule has 1 N–H and O–H groups in total. The molecule has 0 saturated carbocycles. The van der Waals surface area contributed by atoms with E-state index in [9.17, 15) is 9.59 Å². The molecule has 1 aromatic heterocycles. The van der Waals surface area contributed by atoms with Gasteiger partial charge in [-0.1, -0.05) is 15.9 Å². The molecule has 2 aromatic rings. The molecule has 2 rings (SSSR count). The summed E-state index contributed by atoms with van der Waals surface area (Å²) in [4.78, 5) is 29.7. The summed E-state index contributed by atoms with van der Waals surface area (Å²) < 4.78 is 0.979. The van der Waals surface area contributed by atoms with Crippen molar-refractivity contribution in [3.63, 3.8) is 0 Å². The third kappa shape index (κ3) is 5.45. The van der Waals surface area contributed by atoms with E-state index in [0.717, 1.165) is 22.0 Å². The van der Waals surface area contributed by atoms with Gasteiger partial charge in [0.15, 0.2) is 0 Å². The largest absolute Gasteiger partial charge is 0.345 e. The average Bonchev–Trinajstić information content (AvgIpc) is 2.56. The zero-order valence-corrected chi connectivity index (χ0v) is 15.3. The number of carbonyl (C=O) groups is 2. The van der Waals surface area contributed by atoms with Gasteiger partial charge in [-0.15, -0.1) is 0 Å². The number of anilines is 1. The fraction of sp³-hybridized carbons (Fsp3) is 0.278. The van der Waals surface area contributed by atoms with Crippen molar-refractivity contribution in [3.8, 4) is 0 Å². The highest BCUT2D eigenvalue weighted by atomic mass is 79.9. The SMILES string of the molecule is Cc1cc(NC(=O)CC(=O)N(C)CCc2ccncc2)ccc1Br. The van der Waals surface area contributed by atoms with E-state index in [1.165, 1.54) is 0 Å². The third-order valence-corrected chi connectivity index (χ3v) is 4.55. The van der Waals surface area contributed by atoms with Gasteiger partial charge >= 0.3 is 0 Å². The Bertz CT molecular complexity index is 719. The second kappa shape index (κ2) is 8.59. The van der Waals surface area contributed by atoms with E-state index in [1.807, 2.05) is 31.2 Å². The van der Waals surface area contributed by atoms with Crippen LogP contribution in [0.1, 0.15) is 17.5 Å². The minimum Gasteiger partial charge on any atom is -0.345 e. The van der Waals surface area contributed by atoms with Gasteiger partial charge in [0, 0.05) is 36.1 Å². The first-order valence-electron chi connectivity index (χ1n) is 7.64. The highest BCUT2D eigenvalue weighted by molar-refractivity contribution is 9.10. The first kappa shape index (κ1) is 18.1. The summed E-state index contributed by atoms with van der Waals surface area (Å²) in [5, 5.41) is 2.75. The van der Waals surface area contributed by atoms with Crippen molar-refractivity contribution in [1.29, 1.82) is 0 Å². The second-order valence-corrected chi connectivity index (χ2v) is 6.46. The summed E-state index contributed by atoms with van der Waals surface area (Å²) in [5.41, 5.74) is 2.82. The maximum absolute atomic E-state index is 12.1. The number of benzene rings is 1. The van der Waals surface area contributed by atoms with Crippen molar-refractivity contribution in [2.24, 2.45) is 0 Å². The highest BCUT2D eigenvalue weighted by Crippen LogP contribution is 2.20. The van der Waals surface area contributed by atoms with Gasteiger partial charge in [-0.2, -0.15) is 0 Å². The molecule has 1 heterocycles. The van der Waals surface area contributed by atoms with Gasteiger partial charge in [-0.3, -0.25) is 14.6 Å². The van der Waals surface area contributed by atoms with Crippen molar-refractivity contribution in [2.75, 3.05) is 18.9 Å². The quantitative estimate of drug-likeness (QED) is 0.771. The maximum Gasteiger partial charge on any atom is 0.233 e. The van der Waals surface area contributed by atoms with E-state index in [0.29, 0.717) is 12.2 Å². The summed E-state index contributed by atoms with van der Waals surface area (Å²) >= 11 is 3.41. The molecule has 0 unspecified atom stereocenters. The fourth-order valence-corrected chi connectivity index (χ4v) is 2.42. The van der Waals surface area contributed by atoms with Crippen molar-refractivity contribution < 1.29 is 9.59 Å². The standard InChI is InChI=1S/C18H20BrN3O2/c1-13-11-15(3-4-16(13)19)21-17(23)12-18(24)22(2)10-7-14-5-8-20-9-6-14/h3-6,8-9,11H,7,10,12H2,1-2H3,(H,21,23). The number of amides is 2. The molecular weight excluding hydrogens is 370 g/mol.